The molecule has 0 radical (unpaired) electrons. The van der Waals surface area contributed by atoms with Gasteiger partial charge < -0.3 is 20.5 Å². The standard InChI is InChI=1S/C14H19BrN2O3/c1-19-12-3-2-10(8-11(12)15)17-14(18)13(16)9-4-6-20-7-5-9/h2-3,8-9,13H,4-7,16H2,1H3,(H,17,18). The summed E-state index contributed by atoms with van der Waals surface area (Å²) in [6, 6.07) is 4.88. The fraction of sp³-hybridized carbons (Fsp3) is 0.500. The van der Waals surface area contributed by atoms with Crippen molar-refractivity contribution < 1.29 is 14.3 Å². The molecule has 0 bridgehead atoms. The number of ether oxygens (including phenoxy) is 2. The molecule has 1 saturated heterocycles. The first-order chi connectivity index (χ1) is 9.61. The van der Waals surface area contributed by atoms with Crippen molar-refractivity contribution in [2.45, 2.75) is 18.9 Å². The third-order valence-corrected chi connectivity index (χ3v) is 4.12. The minimum atomic E-state index is -0.500. The topological polar surface area (TPSA) is 73.6 Å². The van der Waals surface area contributed by atoms with Gasteiger partial charge >= 0.3 is 0 Å². The summed E-state index contributed by atoms with van der Waals surface area (Å²) in [7, 11) is 1.60. The fourth-order valence-electron chi connectivity index (χ4n) is 2.26. The molecule has 1 aliphatic heterocycles. The van der Waals surface area contributed by atoms with Crippen LogP contribution in [0.4, 0.5) is 5.69 Å². The van der Waals surface area contributed by atoms with Crippen LogP contribution < -0.4 is 15.8 Å². The van der Waals surface area contributed by atoms with Crippen molar-refractivity contribution in [3.8, 4) is 5.75 Å². The lowest BCUT2D eigenvalue weighted by molar-refractivity contribution is -0.119. The van der Waals surface area contributed by atoms with Crippen LogP contribution in [0.3, 0.4) is 0 Å². The van der Waals surface area contributed by atoms with E-state index in [1.54, 1.807) is 25.3 Å². The van der Waals surface area contributed by atoms with Gasteiger partial charge in [-0.1, -0.05) is 0 Å². The van der Waals surface area contributed by atoms with Crippen LogP contribution in [0.1, 0.15) is 12.8 Å². The SMILES string of the molecule is COc1ccc(NC(=O)C(N)C2CCOCC2)cc1Br. The maximum absolute atomic E-state index is 12.2. The van der Waals surface area contributed by atoms with Gasteiger partial charge in [0, 0.05) is 18.9 Å². The number of benzene rings is 1. The largest absolute Gasteiger partial charge is 0.496 e. The van der Waals surface area contributed by atoms with Crippen LogP contribution in [0.5, 0.6) is 5.75 Å². The van der Waals surface area contributed by atoms with Gasteiger partial charge in [-0.25, -0.2) is 0 Å². The van der Waals surface area contributed by atoms with Gasteiger partial charge in [-0.3, -0.25) is 4.79 Å². The summed E-state index contributed by atoms with van der Waals surface area (Å²) in [6.45, 7) is 1.36. The molecule has 1 aromatic rings. The molecule has 1 heterocycles. The highest BCUT2D eigenvalue weighted by Gasteiger charge is 2.26. The number of amides is 1. The molecule has 110 valence electrons. The van der Waals surface area contributed by atoms with E-state index in [2.05, 4.69) is 21.2 Å². The predicted molar refractivity (Wildman–Crippen MR) is 80.8 cm³/mol. The number of hydrogen-bond acceptors (Lipinski definition) is 4. The number of anilines is 1. The van der Waals surface area contributed by atoms with E-state index in [1.807, 2.05) is 0 Å². The minimum absolute atomic E-state index is 0.158. The Morgan fingerprint density at radius 3 is 2.80 bits per heavy atom. The van der Waals surface area contributed by atoms with E-state index in [9.17, 15) is 4.79 Å². The Morgan fingerprint density at radius 2 is 2.20 bits per heavy atom. The van der Waals surface area contributed by atoms with Crippen molar-refractivity contribution in [3.05, 3.63) is 22.7 Å². The molecule has 20 heavy (non-hydrogen) atoms. The monoisotopic (exact) mass is 342 g/mol. The molecule has 0 saturated carbocycles. The second kappa shape index (κ2) is 7.06. The van der Waals surface area contributed by atoms with E-state index >= 15 is 0 Å². The predicted octanol–water partition coefficient (Wildman–Crippen LogP) is 2.15. The summed E-state index contributed by atoms with van der Waals surface area (Å²) in [6.07, 6.45) is 1.67. The van der Waals surface area contributed by atoms with Crippen LogP contribution in [0, 0.1) is 5.92 Å². The second-order valence-electron chi connectivity index (χ2n) is 4.81. The Balaban J connectivity index is 1.98. The summed E-state index contributed by atoms with van der Waals surface area (Å²) < 4.78 is 11.2. The van der Waals surface area contributed by atoms with Gasteiger partial charge in [0.15, 0.2) is 0 Å². The summed E-state index contributed by atoms with van der Waals surface area (Å²) in [5.74, 6) is 0.746. The Bertz CT molecular complexity index is 475. The van der Waals surface area contributed by atoms with Crippen molar-refractivity contribution in [3.63, 3.8) is 0 Å². The highest BCUT2D eigenvalue weighted by Crippen LogP contribution is 2.28. The van der Waals surface area contributed by atoms with Gasteiger partial charge in [-0.15, -0.1) is 0 Å². The maximum atomic E-state index is 12.2. The van der Waals surface area contributed by atoms with E-state index in [0.717, 1.165) is 23.1 Å². The lowest BCUT2D eigenvalue weighted by atomic mass is 9.92. The number of hydrogen-bond donors (Lipinski definition) is 2. The highest BCUT2D eigenvalue weighted by molar-refractivity contribution is 9.10. The zero-order valence-electron chi connectivity index (χ0n) is 11.4. The van der Waals surface area contributed by atoms with Gasteiger partial charge in [0.1, 0.15) is 5.75 Å². The molecule has 0 aliphatic carbocycles. The Labute approximate surface area is 126 Å². The van der Waals surface area contributed by atoms with E-state index in [-0.39, 0.29) is 11.8 Å². The summed E-state index contributed by atoms with van der Waals surface area (Å²) in [4.78, 5) is 12.2. The van der Waals surface area contributed by atoms with Gasteiger partial charge in [0.25, 0.3) is 0 Å². The van der Waals surface area contributed by atoms with Crippen molar-refractivity contribution in [1.29, 1.82) is 0 Å². The molecule has 1 aliphatic rings. The van der Waals surface area contributed by atoms with Crippen molar-refractivity contribution in [1.82, 2.24) is 0 Å². The van der Waals surface area contributed by atoms with Gasteiger partial charge in [-0.2, -0.15) is 0 Å². The Morgan fingerprint density at radius 1 is 1.50 bits per heavy atom. The molecule has 1 unspecified atom stereocenters. The second-order valence-corrected chi connectivity index (χ2v) is 5.67. The molecular formula is C14H19BrN2O3. The van der Waals surface area contributed by atoms with Gasteiger partial charge in [-0.05, 0) is 52.9 Å². The third-order valence-electron chi connectivity index (χ3n) is 3.50. The average molecular weight is 343 g/mol. The first-order valence-corrected chi connectivity index (χ1v) is 7.39. The molecular weight excluding hydrogens is 324 g/mol. The first kappa shape index (κ1) is 15.3. The normalized spacial score (nSPS) is 17.6. The van der Waals surface area contributed by atoms with E-state index < -0.39 is 6.04 Å². The van der Waals surface area contributed by atoms with Crippen LogP contribution >= 0.6 is 15.9 Å². The number of methoxy groups -OCH3 is 1. The van der Waals surface area contributed by atoms with Crippen molar-refractivity contribution >= 4 is 27.5 Å². The van der Waals surface area contributed by atoms with Crippen LogP contribution in [0.2, 0.25) is 0 Å². The van der Waals surface area contributed by atoms with Gasteiger partial charge in [0.2, 0.25) is 5.91 Å². The highest BCUT2D eigenvalue weighted by atomic mass is 79.9. The summed E-state index contributed by atoms with van der Waals surface area (Å²) in [5, 5.41) is 2.84. The smallest absolute Gasteiger partial charge is 0.241 e. The quantitative estimate of drug-likeness (QED) is 0.879. The molecule has 0 spiro atoms. The van der Waals surface area contributed by atoms with Crippen LogP contribution in [0.15, 0.2) is 22.7 Å². The number of nitrogens with one attached hydrogen (secondary N) is 1. The lowest BCUT2D eigenvalue weighted by Crippen LogP contribution is -2.44. The lowest BCUT2D eigenvalue weighted by Gasteiger charge is -2.26. The Kier molecular flexibility index (Phi) is 5.39. The molecule has 1 fully saturated rings. The van der Waals surface area contributed by atoms with Crippen LogP contribution in [0.25, 0.3) is 0 Å². The first-order valence-electron chi connectivity index (χ1n) is 6.59. The van der Waals surface area contributed by atoms with Crippen molar-refractivity contribution in [2.24, 2.45) is 11.7 Å². The van der Waals surface area contributed by atoms with Crippen LogP contribution in [-0.4, -0.2) is 32.3 Å². The molecule has 5 nitrogen and oxygen atoms in total. The fourth-order valence-corrected chi connectivity index (χ4v) is 2.80. The van der Waals surface area contributed by atoms with Crippen LogP contribution in [-0.2, 0) is 9.53 Å². The summed E-state index contributed by atoms with van der Waals surface area (Å²) in [5.41, 5.74) is 6.73. The zero-order valence-corrected chi connectivity index (χ0v) is 13.0. The maximum Gasteiger partial charge on any atom is 0.241 e. The number of nitrogens with two attached hydrogens (primary N) is 1. The molecule has 0 aromatic heterocycles. The van der Waals surface area contributed by atoms with Gasteiger partial charge in [0.05, 0.1) is 17.6 Å². The van der Waals surface area contributed by atoms with E-state index in [4.69, 9.17) is 15.2 Å². The molecule has 6 heteroatoms. The average Bonchev–Trinajstić information content (AvgIpc) is 2.47. The molecule has 2 rings (SSSR count). The molecule has 1 amide bonds. The molecule has 1 aromatic carbocycles. The van der Waals surface area contributed by atoms with E-state index in [0.29, 0.717) is 18.9 Å². The summed E-state index contributed by atoms with van der Waals surface area (Å²) >= 11 is 3.39. The number of halogens is 1. The number of carbonyl (C=O) groups excluding carboxylic acids is 1. The molecule has 1 atom stereocenters. The zero-order chi connectivity index (χ0) is 14.5. The van der Waals surface area contributed by atoms with E-state index in [1.165, 1.54) is 0 Å². The number of rotatable bonds is 4. The minimum Gasteiger partial charge on any atom is -0.496 e. The third kappa shape index (κ3) is 3.71. The number of carbonyl (C=O) groups is 1. The Hall–Kier alpha value is -1.11. The molecule has 3 N–H and O–H groups in total. The van der Waals surface area contributed by atoms with Crippen molar-refractivity contribution in [2.75, 3.05) is 25.6 Å².